The van der Waals surface area contributed by atoms with Crippen molar-refractivity contribution in [2.24, 2.45) is 4.99 Å². The molecule has 0 bridgehead atoms. The van der Waals surface area contributed by atoms with Crippen LogP contribution in [-0.4, -0.2) is 17.0 Å². The number of aromatic amines is 1. The number of rotatable bonds is 3. The zero-order chi connectivity index (χ0) is 13.9. The van der Waals surface area contributed by atoms with E-state index >= 15 is 0 Å². The van der Waals surface area contributed by atoms with E-state index in [4.69, 9.17) is 0 Å². The molecule has 0 fully saturated rings. The summed E-state index contributed by atoms with van der Waals surface area (Å²) in [5.41, 5.74) is 3.69. The molecule has 0 aliphatic heterocycles. The molecule has 0 unspecified atom stereocenters. The van der Waals surface area contributed by atoms with Gasteiger partial charge in [0.05, 0.1) is 5.69 Å². The van der Waals surface area contributed by atoms with Crippen LogP contribution in [0.3, 0.4) is 0 Å². The molecule has 1 aromatic heterocycles. The number of hydrogen-bond acceptors (Lipinski definition) is 2. The third kappa shape index (κ3) is 2.38. The highest BCUT2D eigenvalue weighted by atomic mass is 16.1. The molecule has 1 heterocycles. The Hall–Kier alpha value is -2.68. The van der Waals surface area contributed by atoms with Gasteiger partial charge in [0.2, 0.25) is 0 Å². The van der Waals surface area contributed by atoms with Crippen LogP contribution < -0.4 is 0 Å². The van der Waals surface area contributed by atoms with E-state index in [1.165, 1.54) is 0 Å². The average Bonchev–Trinajstić information content (AvgIpc) is 2.89. The maximum Gasteiger partial charge on any atom is 0.159 e. The Morgan fingerprint density at radius 3 is 2.60 bits per heavy atom. The lowest BCUT2D eigenvalue weighted by Crippen LogP contribution is -1.89. The van der Waals surface area contributed by atoms with E-state index < -0.39 is 0 Å². The molecule has 0 atom stereocenters. The Morgan fingerprint density at radius 1 is 1.10 bits per heavy atom. The van der Waals surface area contributed by atoms with Crippen LogP contribution >= 0.6 is 0 Å². The average molecular weight is 262 g/mol. The smallest absolute Gasteiger partial charge is 0.159 e. The van der Waals surface area contributed by atoms with Gasteiger partial charge in [0, 0.05) is 34.4 Å². The molecular weight excluding hydrogens is 248 g/mol. The van der Waals surface area contributed by atoms with Crippen LogP contribution in [0.1, 0.15) is 22.8 Å². The number of ketones is 1. The van der Waals surface area contributed by atoms with Gasteiger partial charge in [0.25, 0.3) is 0 Å². The van der Waals surface area contributed by atoms with E-state index in [1.54, 1.807) is 19.1 Å². The summed E-state index contributed by atoms with van der Waals surface area (Å²) in [6, 6.07) is 15.4. The Morgan fingerprint density at radius 2 is 1.85 bits per heavy atom. The molecule has 1 N–H and O–H groups in total. The second kappa shape index (κ2) is 5.13. The molecule has 0 aliphatic rings. The molecule has 3 heteroatoms. The molecular formula is C17H14N2O. The molecule has 0 saturated heterocycles. The van der Waals surface area contributed by atoms with Crippen molar-refractivity contribution >= 4 is 28.6 Å². The summed E-state index contributed by atoms with van der Waals surface area (Å²) >= 11 is 0. The number of Topliss-reactive ketones (excluding diaryl/α,β-unsaturated/α-hetero) is 1. The molecule has 3 nitrogen and oxygen atoms in total. The summed E-state index contributed by atoms with van der Waals surface area (Å²) in [7, 11) is 0. The van der Waals surface area contributed by atoms with Gasteiger partial charge in [-0.05, 0) is 37.3 Å². The Balaban J connectivity index is 1.88. The lowest BCUT2D eigenvalue weighted by Gasteiger charge is -1.96. The summed E-state index contributed by atoms with van der Waals surface area (Å²) < 4.78 is 0. The maximum atomic E-state index is 11.2. The predicted molar refractivity (Wildman–Crippen MR) is 82.0 cm³/mol. The van der Waals surface area contributed by atoms with Crippen molar-refractivity contribution in [1.82, 2.24) is 4.98 Å². The first-order valence-corrected chi connectivity index (χ1v) is 6.45. The first kappa shape index (κ1) is 12.4. The Labute approximate surface area is 117 Å². The van der Waals surface area contributed by atoms with Crippen molar-refractivity contribution in [2.45, 2.75) is 6.92 Å². The third-order valence-electron chi connectivity index (χ3n) is 3.25. The molecule has 98 valence electrons. The van der Waals surface area contributed by atoms with E-state index in [0.717, 1.165) is 22.2 Å². The fourth-order valence-corrected chi connectivity index (χ4v) is 2.13. The Kier molecular flexibility index (Phi) is 3.17. The van der Waals surface area contributed by atoms with E-state index in [-0.39, 0.29) is 5.78 Å². The van der Waals surface area contributed by atoms with Crippen molar-refractivity contribution in [1.29, 1.82) is 0 Å². The van der Waals surface area contributed by atoms with Gasteiger partial charge in [0.1, 0.15) is 0 Å². The highest BCUT2D eigenvalue weighted by molar-refractivity contribution is 5.99. The largest absolute Gasteiger partial charge is 0.361 e. The quantitative estimate of drug-likeness (QED) is 0.560. The lowest BCUT2D eigenvalue weighted by molar-refractivity contribution is 0.101. The van der Waals surface area contributed by atoms with Crippen molar-refractivity contribution in [3.63, 3.8) is 0 Å². The van der Waals surface area contributed by atoms with Gasteiger partial charge in [-0.1, -0.05) is 18.2 Å². The SMILES string of the molecule is CC(=O)c1ccc(N=Cc2c[nH]c3ccccc23)cc1. The second-order valence-electron chi connectivity index (χ2n) is 4.65. The highest BCUT2D eigenvalue weighted by Gasteiger charge is 2.00. The van der Waals surface area contributed by atoms with Gasteiger partial charge < -0.3 is 4.98 Å². The van der Waals surface area contributed by atoms with E-state index in [9.17, 15) is 4.79 Å². The van der Waals surface area contributed by atoms with Crippen molar-refractivity contribution < 1.29 is 4.79 Å². The standard InChI is InChI=1S/C17H14N2O/c1-12(20)13-6-8-15(9-7-13)18-10-14-11-19-17-5-3-2-4-16(14)17/h2-11,19H,1H3. The normalized spacial score (nSPS) is 11.2. The number of carbonyl (C=O) groups is 1. The summed E-state index contributed by atoms with van der Waals surface area (Å²) in [5, 5.41) is 1.15. The minimum absolute atomic E-state index is 0.0668. The van der Waals surface area contributed by atoms with Gasteiger partial charge in [0.15, 0.2) is 5.78 Å². The number of fused-ring (bicyclic) bond motifs is 1. The third-order valence-corrected chi connectivity index (χ3v) is 3.25. The molecule has 3 aromatic rings. The Bertz CT molecular complexity index is 782. The number of nitrogens with one attached hydrogen (secondary N) is 1. The molecule has 3 rings (SSSR count). The molecule has 0 amide bonds. The fourth-order valence-electron chi connectivity index (χ4n) is 2.13. The number of aliphatic imine (C=N–C) groups is 1. The van der Waals surface area contributed by atoms with E-state index in [2.05, 4.69) is 16.0 Å². The van der Waals surface area contributed by atoms with Crippen LogP contribution in [0, 0.1) is 0 Å². The number of carbonyl (C=O) groups excluding carboxylic acids is 1. The van der Waals surface area contributed by atoms with E-state index in [0.29, 0.717) is 5.56 Å². The van der Waals surface area contributed by atoms with Crippen molar-refractivity contribution in [2.75, 3.05) is 0 Å². The first-order valence-electron chi connectivity index (χ1n) is 6.45. The highest BCUT2D eigenvalue weighted by Crippen LogP contribution is 2.18. The lowest BCUT2D eigenvalue weighted by atomic mass is 10.1. The molecule has 0 aliphatic carbocycles. The van der Waals surface area contributed by atoms with Gasteiger partial charge >= 0.3 is 0 Å². The summed E-state index contributed by atoms with van der Waals surface area (Å²) in [6.45, 7) is 1.56. The molecule has 0 spiro atoms. The minimum atomic E-state index is 0.0668. The van der Waals surface area contributed by atoms with Gasteiger partial charge in [-0.25, -0.2) is 0 Å². The molecule has 0 radical (unpaired) electrons. The maximum absolute atomic E-state index is 11.2. The fraction of sp³-hybridized carbons (Fsp3) is 0.0588. The van der Waals surface area contributed by atoms with Crippen LogP contribution in [0.2, 0.25) is 0 Å². The van der Waals surface area contributed by atoms with E-state index in [1.807, 2.05) is 42.7 Å². The predicted octanol–water partition coefficient (Wildman–Crippen LogP) is 4.12. The summed E-state index contributed by atoms with van der Waals surface area (Å²) in [5.74, 6) is 0.0668. The van der Waals surface area contributed by atoms with Crippen LogP contribution in [0.25, 0.3) is 10.9 Å². The number of hydrogen-bond donors (Lipinski definition) is 1. The molecule has 2 aromatic carbocycles. The number of aromatic nitrogens is 1. The second-order valence-corrected chi connectivity index (χ2v) is 4.65. The number of para-hydroxylation sites is 1. The van der Waals surface area contributed by atoms with Gasteiger partial charge in [-0.2, -0.15) is 0 Å². The van der Waals surface area contributed by atoms with Crippen molar-refractivity contribution in [3.8, 4) is 0 Å². The molecule has 20 heavy (non-hydrogen) atoms. The van der Waals surface area contributed by atoms with Crippen LogP contribution in [0.4, 0.5) is 5.69 Å². The minimum Gasteiger partial charge on any atom is -0.361 e. The summed E-state index contributed by atoms with van der Waals surface area (Å²) in [4.78, 5) is 18.9. The summed E-state index contributed by atoms with van der Waals surface area (Å²) in [6.07, 6.45) is 3.78. The topological polar surface area (TPSA) is 45.2 Å². The monoisotopic (exact) mass is 262 g/mol. The zero-order valence-electron chi connectivity index (χ0n) is 11.1. The van der Waals surface area contributed by atoms with Crippen LogP contribution in [0.5, 0.6) is 0 Å². The number of benzene rings is 2. The zero-order valence-corrected chi connectivity index (χ0v) is 11.1. The van der Waals surface area contributed by atoms with Gasteiger partial charge in [-0.3, -0.25) is 9.79 Å². The van der Waals surface area contributed by atoms with Crippen LogP contribution in [0.15, 0.2) is 59.7 Å². The number of H-pyrrole nitrogens is 1. The van der Waals surface area contributed by atoms with Crippen LogP contribution in [-0.2, 0) is 0 Å². The first-order chi connectivity index (χ1) is 9.74. The van der Waals surface area contributed by atoms with Gasteiger partial charge in [-0.15, -0.1) is 0 Å². The van der Waals surface area contributed by atoms with Crippen molar-refractivity contribution in [3.05, 3.63) is 65.9 Å². The number of nitrogens with zero attached hydrogens (tertiary/aromatic N) is 1. The molecule has 0 saturated carbocycles.